The first-order valence-electron chi connectivity index (χ1n) is 11.1. The minimum atomic E-state index is 0.0777. The predicted molar refractivity (Wildman–Crippen MR) is 145 cm³/mol. The number of carbonyl (C=O) groups excluding carboxylic acids is 2. The first-order valence-corrected chi connectivity index (χ1v) is 11.1. The Bertz CT molecular complexity index is 1120. The molecule has 0 bridgehead atoms. The van der Waals surface area contributed by atoms with Gasteiger partial charge in [-0.15, -0.1) is 0 Å². The molecule has 0 spiro atoms. The molecule has 1 heterocycles. The average Bonchev–Trinajstić information content (AvgIpc) is 2.91. The zero-order chi connectivity index (χ0) is 25.3. The van der Waals surface area contributed by atoms with Crippen molar-refractivity contribution in [3.8, 4) is 11.1 Å². The second kappa shape index (κ2) is 15.6. The molecule has 0 aliphatic rings. The number of carbonyl (C=O) groups is 2. The summed E-state index contributed by atoms with van der Waals surface area (Å²) in [7, 11) is 1.83. The van der Waals surface area contributed by atoms with Crippen LogP contribution in [-0.2, 0) is 0 Å². The van der Waals surface area contributed by atoms with E-state index in [0.29, 0.717) is 5.56 Å². The first kappa shape index (κ1) is 27.9. The lowest BCUT2D eigenvalue weighted by Crippen LogP contribution is -2.00. The summed E-state index contributed by atoms with van der Waals surface area (Å²) in [4.78, 5) is 29.7. The van der Waals surface area contributed by atoms with Gasteiger partial charge in [0.2, 0.25) is 0 Å². The molecular weight excluding hydrogens is 422 g/mol. The minimum absolute atomic E-state index is 0.0777. The van der Waals surface area contributed by atoms with Crippen LogP contribution in [0.3, 0.4) is 0 Å². The van der Waals surface area contributed by atoms with Crippen molar-refractivity contribution in [3.63, 3.8) is 0 Å². The molecule has 5 heteroatoms. The lowest BCUT2D eigenvalue weighted by atomic mass is 10.0. The Kier molecular flexibility index (Phi) is 12.8. The second-order valence-electron chi connectivity index (χ2n) is 6.77. The molecule has 3 aromatic rings. The number of ketones is 1. The molecule has 0 unspecified atom stereocenters. The van der Waals surface area contributed by atoms with Gasteiger partial charge in [0.1, 0.15) is 0 Å². The standard InChI is InChI=1S/C15H15NO.C12H12N2O.C2H6/c1-11(17)14-9-8-13(10-15(14)16-2)12-6-4-3-5-7-12;1-3-11(6-7-13-2)12-5-4-10(9-15)8-14-12;1-2/h3-10,16H,1-2H3;3-9H,2H2,1H3;1-2H3/b;7-6-,11-3+;. The molecule has 0 atom stereocenters. The van der Waals surface area contributed by atoms with Crippen molar-refractivity contribution >= 4 is 30.0 Å². The fourth-order valence-electron chi connectivity index (χ4n) is 2.98. The predicted octanol–water partition coefficient (Wildman–Crippen LogP) is 7.14. The number of hydrogen-bond donors (Lipinski definition) is 1. The maximum Gasteiger partial charge on any atom is 0.161 e. The van der Waals surface area contributed by atoms with Crippen molar-refractivity contribution in [2.24, 2.45) is 4.99 Å². The molecule has 0 amide bonds. The van der Waals surface area contributed by atoms with E-state index in [2.05, 4.69) is 34.1 Å². The van der Waals surface area contributed by atoms with Crippen molar-refractivity contribution in [2.75, 3.05) is 12.4 Å². The number of aliphatic imine (C=N–C) groups is 1. The van der Waals surface area contributed by atoms with E-state index < -0.39 is 0 Å². The van der Waals surface area contributed by atoms with Crippen molar-refractivity contribution in [2.45, 2.75) is 27.7 Å². The third-order valence-corrected chi connectivity index (χ3v) is 4.66. The molecule has 1 N–H and O–H groups in total. The van der Waals surface area contributed by atoms with E-state index in [-0.39, 0.29) is 5.78 Å². The number of pyridine rings is 1. The number of anilines is 1. The Morgan fingerprint density at radius 1 is 1.03 bits per heavy atom. The molecule has 0 aliphatic heterocycles. The quantitative estimate of drug-likeness (QED) is 0.178. The molecule has 2 aromatic carbocycles. The molecule has 0 radical (unpaired) electrons. The van der Waals surface area contributed by atoms with E-state index in [1.54, 1.807) is 31.5 Å². The van der Waals surface area contributed by atoms with Crippen LogP contribution in [0.5, 0.6) is 0 Å². The minimum Gasteiger partial charge on any atom is -0.388 e. The molecule has 3 rings (SSSR count). The highest BCUT2D eigenvalue weighted by Crippen LogP contribution is 2.25. The van der Waals surface area contributed by atoms with Crippen LogP contribution >= 0.6 is 0 Å². The zero-order valence-electron chi connectivity index (χ0n) is 20.6. The fourth-order valence-corrected chi connectivity index (χ4v) is 2.98. The normalized spacial score (nSPS) is 10.3. The summed E-state index contributed by atoms with van der Waals surface area (Å²) in [6.07, 6.45) is 7.65. The van der Waals surface area contributed by atoms with Crippen molar-refractivity contribution in [3.05, 3.63) is 102 Å². The third-order valence-electron chi connectivity index (χ3n) is 4.66. The summed E-state index contributed by atoms with van der Waals surface area (Å²) >= 11 is 0. The molecule has 0 saturated carbocycles. The topological polar surface area (TPSA) is 71.4 Å². The molecule has 34 heavy (non-hydrogen) atoms. The summed E-state index contributed by atoms with van der Waals surface area (Å²) in [5, 5.41) is 3.07. The van der Waals surface area contributed by atoms with Gasteiger partial charge >= 0.3 is 0 Å². The summed E-state index contributed by atoms with van der Waals surface area (Å²) in [5.41, 5.74) is 6.19. The zero-order valence-corrected chi connectivity index (χ0v) is 20.6. The molecule has 0 saturated heterocycles. The van der Waals surface area contributed by atoms with Gasteiger partial charge in [-0.25, -0.2) is 0 Å². The van der Waals surface area contributed by atoms with E-state index in [9.17, 15) is 9.59 Å². The van der Waals surface area contributed by atoms with Crippen LogP contribution in [0.2, 0.25) is 0 Å². The summed E-state index contributed by atoms with van der Waals surface area (Å²) in [6, 6.07) is 19.5. The summed E-state index contributed by atoms with van der Waals surface area (Å²) in [6.45, 7) is 10.9. The number of nitrogens with zero attached hydrogens (tertiary/aromatic N) is 2. The van der Waals surface area contributed by atoms with E-state index in [0.717, 1.165) is 39.9 Å². The molecule has 176 valence electrons. The molecule has 5 nitrogen and oxygen atoms in total. The SMILES string of the molecule is C=N/C=C\C(=C/C)c1ccc(C=O)cn1.CC.CNc1cc(-c2ccccc2)ccc1C(C)=O. The number of hydrogen-bond acceptors (Lipinski definition) is 5. The van der Waals surface area contributed by atoms with E-state index in [1.807, 2.05) is 76.4 Å². The summed E-state index contributed by atoms with van der Waals surface area (Å²) in [5.74, 6) is 0.0777. The summed E-state index contributed by atoms with van der Waals surface area (Å²) < 4.78 is 0. The van der Waals surface area contributed by atoms with E-state index in [1.165, 1.54) is 0 Å². The average molecular weight is 456 g/mol. The van der Waals surface area contributed by atoms with Crippen molar-refractivity contribution in [1.29, 1.82) is 0 Å². The highest BCUT2D eigenvalue weighted by molar-refractivity contribution is 6.00. The lowest BCUT2D eigenvalue weighted by Gasteiger charge is -2.09. The number of allylic oxidation sites excluding steroid dienone is 3. The Morgan fingerprint density at radius 2 is 1.74 bits per heavy atom. The van der Waals surface area contributed by atoms with Crippen LogP contribution in [0.15, 0.2) is 90.2 Å². The van der Waals surface area contributed by atoms with Gasteiger partial charge in [0.15, 0.2) is 12.1 Å². The first-order chi connectivity index (χ1) is 16.5. The van der Waals surface area contributed by atoms with Crippen LogP contribution in [0, 0.1) is 0 Å². The van der Waals surface area contributed by atoms with Crippen LogP contribution < -0.4 is 5.32 Å². The third kappa shape index (κ3) is 8.43. The van der Waals surface area contributed by atoms with Gasteiger partial charge in [0.05, 0.1) is 5.69 Å². The van der Waals surface area contributed by atoms with Crippen LogP contribution in [-0.4, -0.2) is 30.8 Å². The maximum absolute atomic E-state index is 11.4. The lowest BCUT2D eigenvalue weighted by molar-refractivity contribution is 0.101. The van der Waals surface area contributed by atoms with Gasteiger partial charge in [-0.1, -0.05) is 56.3 Å². The second-order valence-corrected chi connectivity index (χ2v) is 6.77. The Balaban J connectivity index is 0.000000320. The molecule has 0 fully saturated rings. The monoisotopic (exact) mass is 455 g/mol. The van der Waals surface area contributed by atoms with Crippen molar-refractivity contribution < 1.29 is 9.59 Å². The highest BCUT2D eigenvalue weighted by Gasteiger charge is 2.07. The van der Waals surface area contributed by atoms with E-state index >= 15 is 0 Å². The number of aromatic nitrogens is 1. The number of nitrogens with one attached hydrogen (secondary N) is 1. The fraction of sp³-hybridized carbons (Fsp3) is 0.172. The van der Waals surface area contributed by atoms with Gasteiger partial charge in [0.25, 0.3) is 0 Å². The molecule has 0 aliphatic carbocycles. The Labute approximate surface area is 203 Å². The van der Waals surface area contributed by atoms with Crippen LogP contribution in [0.1, 0.15) is 54.1 Å². The highest BCUT2D eigenvalue weighted by atomic mass is 16.1. The maximum atomic E-state index is 11.4. The molecule has 1 aromatic heterocycles. The van der Waals surface area contributed by atoms with Crippen LogP contribution in [0.25, 0.3) is 16.7 Å². The number of aldehydes is 1. The number of benzene rings is 2. The number of Topliss-reactive ketones (excluding diaryl/α,β-unsaturated/α-hetero) is 1. The van der Waals surface area contributed by atoms with Gasteiger partial charge in [0, 0.05) is 36.3 Å². The van der Waals surface area contributed by atoms with Crippen molar-refractivity contribution in [1.82, 2.24) is 4.98 Å². The Morgan fingerprint density at radius 3 is 2.24 bits per heavy atom. The molecular formula is C29H33N3O2. The van der Waals surface area contributed by atoms with Gasteiger partial charge in [-0.3, -0.25) is 19.6 Å². The van der Waals surface area contributed by atoms with Gasteiger partial charge in [-0.2, -0.15) is 0 Å². The Hall–Kier alpha value is -4.12. The van der Waals surface area contributed by atoms with Gasteiger partial charge < -0.3 is 5.32 Å². The van der Waals surface area contributed by atoms with E-state index in [4.69, 9.17) is 0 Å². The van der Waals surface area contributed by atoms with Gasteiger partial charge in [-0.05, 0) is 67.6 Å². The number of rotatable bonds is 7. The smallest absolute Gasteiger partial charge is 0.161 e. The van der Waals surface area contributed by atoms with Crippen LogP contribution in [0.4, 0.5) is 5.69 Å². The largest absolute Gasteiger partial charge is 0.388 e.